The van der Waals surface area contributed by atoms with Gasteiger partial charge in [-0.3, -0.25) is 14.2 Å². The summed E-state index contributed by atoms with van der Waals surface area (Å²) >= 11 is 1.47. The quantitative estimate of drug-likeness (QED) is 0.285. The van der Waals surface area contributed by atoms with Crippen LogP contribution in [-0.4, -0.2) is 54.0 Å². The molecule has 11 heteroatoms. The first kappa shape index (κ1) is 22.7. The fourth-order valence-electron chi connectivity index (χ4n) is 3.45. The minimum Gasteiger partial charge on any atom is -0.367 e. The van der Waals surface area contributed by atoms with Crippen molar-refractivity contribution in [2.24, 2.45) is 0 Å². The summed E-state index contributed by atoms with van der Waals surface area (Å²) in [7, 11) is 0. The van der Waals surface area contributed by atoms with Crippen LogP contribution in [-0.2, 0) is 17.9 Å². The number of para-hydroxylation sites is 1. The van der Waals surface area contributed by atoms with E-state index in [0.29, 0.717) is 29.1 Å². The number of anilines is 1. The second-order valence-electron chi connectivity index (χ2n) is 7.82. The molecule has 1 amide bonds. The lowest BCUT2D eigenvalue weighted by Crippen LogP contribution is -2.30. The van der Waals surface area contributed by atoms with Crippen molar-refractivity contribution >= 4 is 45.4 Å². The highest BCUT2D eigenvalue weighted by molar-refractivity contribution is 7.98. The number of nitrogens with zero attached hydrogens (tertiary/aromatic N) is 6. The zero-order chi connectivity index (χ0) is 23.4. The van der Waals surface area contributed by atoms with Crippen LogP contribution in [0, 0.1) is 0 Å². The molecule has 2 N–H and O–H groups in total. The minimum absolute atomic E-state index is 0.145. The maximum absolute atomic E-state index is 12.5. The molecular weight excluding hydrogens is 440 g/mol. The Morgan fingerprint density at radius 2 is 1.97 bits per heavy atom. The van der Waals surface area contributed by atoms with Gasteiger partial charge in [-0.15, -0.1) is 0 Å². The van der Waals surface area contributed by atoms with Gasteiger partial charge in [0.15, 0.2) is 10.8 Å². The second kappa shape index (κ2) is 9.99. The number of fused-ring (bicyclic) bond motifs is 2. The normalized spacial score (nSPS) is 11.4. The fraction of sp³-hybridized carbons (Fsp3) is 0.364. The molecule has 0 atom stereocenters. The molecule has 0 unspecified atom stereocenters. The van der Waals surface area contributed by atoms with Crippen LogP contribution in [0.1, 0.15) is 20.3 Å². The number of nitrogens with one attached hydrogen (secondary N) is 2. The van der Waals surface area contributed by atoms with Gasteiger partial charge in [-0.05, 0) is 32.2 Å². The third kappa shape index (κ3) is 5.14. The van der Waals surface area contributed by atoms with Crippen LogP contribution in [0.2, 0.25) is 0 Å². The Labute approximate surface area is 194 Å². The van der Waals surface area contributed by atoms with Crippen molar-refractivity contribution in [2.75, 3.05) is 18.1 Å². The molecule has 4 aromatic rings. The number of thioether (sulfide) groups is 1. The van der Waals surface area contributed by atoms with Gasteiger partial charge in [0.2, 0.25) is 5.91 Å². The Bertz CT molecular complexity index is 1350. The van der Waals surface area contributed by atoms with E-state index >= 15 is 0 Å². The molecule has 0 aliphatic rings. The van der Waals surface area contributed by atoms with Gasteiger partial charge in [0.1, 0.15) is 5.82 Å². The molecule has 3 aromatic heterocycles. The van der Waals surface area contributed by atoms with Crippen molar-refractivity contribution < 1.29 is 4.79 Å². The van der Waals surface area contributed by atoms with E-state index in [9.17, 15) is 9.59 Å². The van der Waals surface area contributed by atoms with Crippen molar-refractivity contribution in [1.29, 1.82) is 0 Å². The Hall–Kier alpha value is -3.47. The molecule has 0 fully saturated rings. The molecule has 1 aromatic carbocycles. The topological polar surface area (TPSA) is 120 Å². The van der Waals surface area contributed by atoms with E-state index < -0.39 is 0 Å². The van der Waals surface area contributed by atoms with E-state index in [-0.39, 0.29) is 30.5 Å². The number of aromatic nitrogens is 6. The highest BCUT2D eigenvalue weighted by Gasteiger charge is 2.14. The number of benzene rings is 1. The van der Waals surface area contributed by atoms with Crippen molar-refractivity contribution in [2.45, 2.75) is 44.6 Å². The number of hydrogen-bond donors (Lipinski definition) is 2. The van der Waals surface area contributed by atoms with Gasteiger partial charge in [-0.25, -0.2) is 19.6 Å². The molecular formula is C22H26N8O2S. The number of aryl methyl sites for hydroxylation is 1. The molecule has 3 heterocycles. The molecule has 33 heavy (non-hydrogen) atoms. The summed E-state index contributed by atoms with van der Waals surface area (Å²) in [5, 5.41) is 12.7. The molecule has 0 saturated heterocycles. The van der Waals surface area contributed by atoms with Crippen molar-refractivity contribution in [3.63, 3.8) is 0 Å². The van der Waals surface area contributed by atoms with E-state index in [4.69, 9.17) is 0 Å². The summed E-state index contributed by atoms with van der Waals surface area (Å²) in [4.78, 5) is 38.3. The van der Waals surface area contributed by atoms with Gasteiger partial charge < -0.3 is 10.6 Å². The first-order valence-corrected chi connectivity index (χ1v) is 11.9. The summed E-state index contributed by atoms with van der Waals surface area (Å²) in [6.45, 7) is 5.23. The lowest BCUT2D eigenvalue weighted by molar-refractivity contribution is -0.121. The molecule has 0 aliphatic carbocycles. The number of hydrogen-bond acceptors (Lipinski definition) is 8. The standard InChI is InChI=1S/C22H26N8O2S/c1-14(2)26-19-16-12-25-30(20(16)28-22(27-19)33-3)11-9-23-18(31)8-10-29-13-24-17-7-5-4-6-15(17)21(29)32/h4-7,12-14H,8-11H2,1-3H3,(H,23,31)(H,26,27,28). The number of carbonyl (C=O) groups is 1. The summed E-state index contributed by atoms with van der Waals surface area (Å²) in [5.41, 5.74) is 1.22. The van der Waals surface area contributed by atoms with Crippen LogP contribution in [0.15, 0.2) is 46.7 Å². The molecule has 0 radical (unpaired) electrons. The average molecular weight is 467 g/mol. The first-order chi connectivity index (χ1) is 16.0. The van der Waals surface area contributed by atoms with Crippen LogP contribution >= 0.6 is 11.8 Å². The lowest BCUT2D eigenvalue weighted by Gasteiger charge is -2.11. The largest absolute Gasteiger partial charge is 0.367 e. The molecule has 0 bridgehead atoms. The van der Waals surface area contributed by atoms with Gasteiger partial charge in [-0.2, -0.15) is 5.10 Å². The van der Waals surface area contributed by atoms with E-state index in [2.05, 4.69) is 44.5 Å². The Morgan fingerprint density at radius 3 is 2.76 bits per heavy atom. The Morgan fingerprint density at radius 1 is 1.15 bits per heavy atom. The molecule has 0 saturated carbocycles. The fourth-order valence-corrected chi connectivity index (χ4v) is 3.81. The summed E-state index contributed by atoms with van der Waals surface area (Å²) in [5.74, 6) is 0.609. The number of carbonyl (C=O) groups excluding carboxylic acids is 1. The third-order valence-corrected chi connectivity index (χ3v) is 5.59. The maximum Gasteiger partial charge on any atom is 0.261 e. The number of rotatable bonds is 9. The zero-order valence-corrected chi connectivity index (χ0v) is 19.6. The van der Waals surface area contributed by atoms with Crippen molar-refractivity contribution in [3.05, 3.63) is 47.1 Å². The minimum atomic E-state index is -0.147. The van der Waals surface area contributed by atoms with Gasteiger partial charge >= 0.3 is 0 Å². The summed E-state index contributed by atoms with van der Waals surface area (Å²) in [6.07, 6.45) is 5.34. The third-order valence-electron chi connectivity index (χ3n) is 5.04. The van der Waals surface area contributed by atoms with Crippen LogP contribution in [0.25, 0.3) is 21.9 Å². The molecule has 4 rings (SSSR count). The van der Waals surface area contributed by atoms with Gasteiger partial charge in [-0.1, -0.05) is 23.9 Å². The van der Waals surface area contributed by atoms with E-state index in [0.717, 1.165) is 16.9 Å². The Kier molecular flexibility index (Phi) is 6.87. The van der Waals surface area contributed by atoms with E-state index in [1.807, 2.05) is 12.3 Å². The molecule has 172 valence electrons. The van der Waals surface area contributed by atoms with Crippen LogP contribution in [0.3, 0.4) is 0 Å². The lowest BCUT2D eigenvalue weighted by atomic mass is 10.2. The number of amides is 1. The van der Waals surface area contributed by atoms with E-state index in [1.165, 1.54) is 22.7 Å². The summed E-state index contributed by atoms with van der Waals surface area (Å²) < 4.78 is 3.23. The Balaban J connectivity index is 1.37. The van der Waals surface area contributed by atoms with Gasteiger partial charge in [0, 0.05) is 25.6 Å². The predicted octanol–water partition coefficient (Wildman–Crippen LogP) is 2.28. The maximum atomic E-state index is 12.5. The van der Waals surface area contributed by atoms with Crippen LogP contribution < -0.4 is 16.2 Å². The first-order valence-electron chi connectivity index (χ1n) is 10.7. The van der Waals surface area contributed by atoms with Crippen molar-refractivity contribution in [3.8, 4) is 0 Å². The molecule has 0 spiro atoms. The van der Waals surface area contributed by atoms with Gasteiger partial charge in [0.05, 0.1) is 35.4 Å². The second-order valence-corrected chi connectivity index (χ2v) is 8.60. The van der Waals surface area contributed by atoms with Gasteiger partial charge in [0.25, 0.3) is 5.56 Å². The average Bonchev–Trinajstić information content (AvgIpc) is 3.21. The molecule has 10 nitrogen and oxygen atoms in total. The summed E-state index contributed by atoms with van der Waals surface area (Å²) in [6, 6.07) is 7.40. The predicted molar refractivity (Wildman–Crippen MR) is 129 cm³/mol. The smallest absolute Gasteiger partial charge is 0.261 e. The SMILES string of the molecule is CSc1nc(NC(C)C)c2cnn(CCNC(=O)CCn3cnc4ccccc4c3=O)c2n1. The zero-order valence-electron chi connectivity index (χ0n) is 18.8. The van der Waals surface area contributed by atoms with Crippen LogP contribution in [0.5, 0.6) is 0 Å². The van der Waals surface area contributed by atoms with E-state index in [1.54, 1.807) is 29.1 Å². The highest BCUT2D eigenvalue weighted by Crippen LogP contribution is 2.23. The molecule has 0 aliphatic heterocycles. The monoisotopic (exact) mass is 466 g/mol. The highest BCUT2D eigenvalue weighted by atomic mass is 32.2. The van der Waals surface area contributed by atoms with Crippen molar-refractivity contribution in [1.82, 2.24) is 34.6 Å². The van der Waals surface area contributed by atoms with Crippen LogP contribution in [0.4, 0.5) is 5.82 Å².